The van der Waals surface area contributed by atoms with Gasteiger partial charge in [0.15, 0.2) is 5.60 Å². The molecule has 0 unspecified atom stereocenters. The molecular formula is C21H32O6. The van der Waals surface area contributed by atoms with Crippen LogP contribution in [0.2, 0.25) is 0 Å². The van der Waals surface area contributed by atoms with Crippen LogP contribution in [0.25, 0.3) is 0 Å². The third-order valence-electron chi connectivity index (χ3n) is 5.48. The lowest BCUT2D eigenvalue weighted by molar-refractivity contribution is -0.206. The van der Waals surface area contributed by atoms with Crippen molar-refractivity contribution in [3.63, 3.8) is 0 Å². The van der Waals surface area contributed by atoms with Crippen LogP contribution in [-0.4, -0.2) is 39.5 Å². The highest BCUT2D eigenvalue weighted by Gasteiger charge is 2.63. The molecule has 3 N–H and O–H groups in total. The van der Waals surface area contributed by atoms with Crippen LogP contribution in [0.15, 0.2) is 24.3 Å². The summed E-state index contributed by atoms with van der Waals surface area (Å²) in [5, 5.41) is 30.7. The summed E-state index contributed by atoms with van der Waals surface area (Å²) >= 11 is 0. The highest BCUT2D eigenvalue weighted by molar-refractivity contribution is 5.89. The molecule has 0 radical (unpaired) electrons. The zero-order valence-corrected chi connectivity index (χ0v) is 16.9. The number of benzene rings is 1. The maximum absolute atomic E-state index is 12.2. The van der Waals surface area contributed by atoms with Crippen molar-refractivity contribution in [1.82, 2.24) is 0 Å². The second-order valence-corrected chi connectivity index (χ2v) is 7.59. The van der Waals surface area contributed by atoms with Crippen LogP contribution in [0.4, 0.5) is 0 Å². The van der Waals surface area contributed by atoms with Crippen LogP contribution in [0.5, 0.6) is 5.75 Å². The van der Waals surface area contributed by atoms with Gasteiger partial charge in [0.05, 0.1) is 6.61 Å². The Morgan fingerprint density at radius 3 is 1.93 bits per heavy atom. The van der Waals surface area contributed by atoms with Crippen LogP contribution in [0.3, 0.4) is 0 Å². The lowest BCUT2D eigenvalue weighted by Crippen LogP contribution is -2.63. The molecule has 0 aliphatic carbocycles. The van der Waals surface area contributed by atoms with E-state index in [1.54, 1.807) is 27.7 Å². The normalized spacial score (nSPS) is 16.0. The molecule has 0 aromatic heterocycles. The summed E-state index contributed by atoms with van der Waals surface area (Å²) in [6.07, 6.45) is 1.09. The molecule has 1 rings (SSSR count). The number of aliphatic hydroxyl groups is 1. The number of hydrogen-bond donors (Lipinski definition) is 3. The van der Waals surface area contributed by atoms with Crippen molar-refractivity contribution in [2.75, 3.05) is 6.61 Å². The first-order valence-electron chi connectivity index (χ1n) is 9.44. The summed E-state index contributed by atoms with van der Waals surface area (Å²) < 4.78 is 5.40. The fourth-order valence-electron chi connectivity index (χ4n) is 3.88. The van der Waals surface area contributed by atoms with E-state index in [-0.39, 0.29) is 6.42 Å². The Kier molecular flexibility index (Phi) is 7.84. The molecule has 0 spiro atoms. The number of carboxylic acids is 2. The average Bonchev–Trinajstić information content (AvgIpc) is 2.58. The summed E-state index contributed by atoms with van der Waals surface area (Å²) in [6.45, 7) is 8.88. The molecule has 152 valence electrons. The van der Waals surface area contributed by atoms with Crippen molar-refractivity contribution in [3.05, 3.63) is 29.8 Å². The van der Waals surface area contributed by atoms with Crippen molar-refractivity contribution in [3.8, 4) is 5.75 Å². The van der Waals surface area contributed by atoms with E-state index in [9.17, 15) is 24.9 Å². The van der Waals surface area contributed by atoms with Gasteiger partial charge >= 0.3 is 11.9 Å². The van der Waals surface area contributed by atoms with Crippen molar-refractivity contribution < 1.29 is 29.6 Å². The summed E-state index contributed by atoms with van der Waals surface area (Å²) in [5.41, 5.74) is -3.13. The van der Waals surface area contributed by atoms with Gasteiger partial charge in [0.1, 0.15) is 11.2 Å². The number of rotatable bonds is 11. The molecule has 0 amide bonds. The van der Waals surface area contributed by atoms with Gasteiger partial charge in [-0.2, -0.15) is 0 Å². The van der Waals surface area contributed by atoms with Gasteiger partial charge in [-0.15, -0.1) is 0 Å². The van der Waals surface area contributed by atoms with Gasteiger partial charge in [-0.1, -0.05) is 39.8 Å². The van der Waals surface area contributed by atoms with E-state index in [0.29, 0.717) is 19.4 Å². The van der Waals surface area contributed by atoms with Gasteiger partial charge < -0.3 is 20.1 Å². The average molecular weight is 380 g/mol. The van der Waals surface area contributed by atoms with E-state index in [1.165, 1.54) is 0 Å². The van der Waals surface area contributed by atoms with Crippen molar-refractivity contribution in [2.45, 2.75) is 59.5 Å². The monoisotopic (exact) mass is 380 g/mol. The number of carboxylic acid groups (broad SMARTS) is 2. The Morgan fingerprint density at radius 1 is 1.00 bits per heavy atom. The SMILES string of the molecule is CCOc1ccc(CCC[C@@](C(=O)O)(C(C)C)[C@](O)(C(=O)O)C(C)C)cc1. The smallest absolute Gasteiger partial charge is 0.337 e. The number of aryl methyl sites for hydroxylation is 1. The molecule has 0 aliphatic heterocycles. The summed E-state index contributed by atoms with van der Waals surface area (Å²) in [7, 11) is 0. The summed E-state index contributed by atoms with van der Waals surface area (Å²) in [5.74, 6) is -3.31. The largest absolute Gasteiger partial charge is 0.494 e. The maximum atomic E-state index is 12.2. The Balaban J connectivity index is 3.09. The first-order valence-corrected chi connectivity index (χ1v) is 9.44. The quantitative estimate of drug-likeness (QED) is 0.542. The predicted molar refractivity (Wildman–Crippen MR) is 103 cm³/mol. The van der Waals surface area contributed by atoms with Gasteiger partial charge in [-0.05, 0) is 55.7 Å². The number of ether oxygens (including phenoxy) is 1. The van der Waals surface area contributed by atoms with Crippen LogP contribution in [0, 0.1) is 17.3 Å². The van der Waals surface area contributed by atoms with E-state index in [1.807, 2.05) is 31.2 Å². The molecule has 0 bridgehead atoms. The second-order valence-electron chi connectivity index (χ2n) is 7.59. The predicted octanol–water partition coefficient (Wildman–Crippen LogP) is 3.61. The first-order chi connectivity index (χ1) is 12.5. The first kappa shape index (κ1) is 23.0. The van der Waals surface area contributed by atoms with Crippen molar-refractivity contribution >= 4 is 11.9 Å². The van der Waals surface area contributed by atoms with E-state index < -0.39 is 34.8 Å². The summed E-state index contributed by atoms with van der Waals surface area (Å²) in [4.78, 5) is 24.2. The highest BCUT2D eigenvalue weighted by atomic mass is 16.5. The minimum absolute atomic E-state index is 0.0637. The molecule has 0 saturated heterocycles. The molecule has 6 nitrogen and oxygen atoms in total. The zero-order valence-electron chi connectivity index (χ0n) is 16.9. The maximum Gasteiger partial charge on any atom is 0.337 e. The van der Waals surface area contributed by atoms with Crippen molar-refractivity contribution in [1.29, 1.82) is 0 Å². The zero-order chi connectivity index (χ0) is 20.8. The van der Waals surface area contributed by atoms with E-state index >= 15 is 0 Å². The van der Waals surface area contributed by atoms with Crippen LogP contribution in [0.1, 0.15) is 53.0 Å². The molecule has 2 atom stereocenters. The second kappa shape index (κ2) is 9.22. The van der Waals surface area contributed by atoms with Crippen LogP contribution in [-0.2, 0) is 16.0 Å². The number of carbonyl (C=O) groups is 2. The lowest BCUT2D eigenvalue weighted by Gasteiger charge is -2.46. The van der Waals surface area contributed by atoms with Gasteiger partial charge in [-0.25, -0.2) is 4.79 Å². The van der Waals surface area contributed by atoms with Crippen molar-refractivity contribution in [2.24, 2.45) is 17.3 Å². The third kappa shape index (κ3) is 4.43. The molecule has 0 aliphatic rings. The van der Waals surface area contributed by atoms with Gasteiger partial charge in [-0.3, -0.25) is 4.79 Å². The van der Waals surface area contributed by atoms with Gasteiger partial charge in [0.25, 0.3) is 0 Å². The van der Waals surface area contributed by atoms with Gasteiger partial charge in [0.2, 0.25) is 0 Å². The fourth-order valence-corrected chi connectivity index (χ4v) is 3.88. The Hall–Kier alpha value is -2.08. The Bertz CT molecular complexity index is 637. The molecule has 0 saturated carbocycles. The molecule has 0 heterocycles. The van der Waals surface area contributed by atoms with E-state index in [2.05, 4.69) is 0 Å². The molecular weight excluding hydrogens is 348 g/mol. The fraction of sp³-hybridized carbons (Fsp3) is 0.619. The minimum atomic E-state index is -2.36. The molecule has 6 heteroatoms. The molecule has 27 heavy (non-hydrogen) atoms. The standard InChI is InChI=1S/C21H32O6/c1-6-27-17-11-9-16(10-12-17)8-7-13-20(14(2)3,18(22)23)21(26,15(4)5)19(24)25/h9-12,14-15,26H,6-8,13H2,1-5H3,(H,22,23)(H,24,25)/t20-,21+/m0/s1. The third-order valence-corrected chi connectivity index (χ3v) is 5.48. The van der Waals surface area contributed by atoms with Gasteiger partial charge in [0, 0.05) is 0 Å². The summed E-state index contributed by atoms with van der Waals surface area (Å²) in [6, 6.07) is 7.53. The Labute approximate surface area is 161 Å². The van der Waals surface area contributed by atoms with Crippen LogP contribution >= 0.6 is 0 Å². The molecule has 1 aromatic carbocycles. The van der Waals surface area contributed by atoms with E-state index in [4.69, 9.17) is 4.74 Å². The molecule has 0 fully saturated rings. The van der Waals surface area contributed by atoms with Crippen LogP contribution < -0.4 is 4.74 Å². The number of aliphatic carboxylic acids is 2. The number of hydrogen-bond acceptors (Lipinski definition) is 4. The molecule has 1 aromatic rings. The van der Waals surface area contributed by atoms with E-state index in [0.717, 1.165) is 11.3 Å². The Morgan fingerprint density at radius 2 is 1.56 bits per heavy atom. The highest BCUT2D eigenvalue weighted by Crippen LogP contribution is 2.47. The lowest BCUT2D eigenvalue weighted by atomic mass is 9.58. The topological polar surface area (TPSA) is 104 Å². The minimum Gasteiger partial charge on any atom is -0.494 e.